The van der Waals surface area contributed by atoms with Gasteiger partial charge in [0.2, 0.25) is 0 Å². The molecule has 2 nitrogen and oxygen atoms in total. The molecule has 1 aromatic carbocycles. The highest BCUT2D eigenvalue weighted by Crippen LogP contribution is 2.22. The fraction of sp³-hybridized carbons (Fsp3) is 0.412. The number of thiophene rings is 1. The predicted molar refractivity (Wildman–Crippen MR) is 91.4 cm³/mol. The van der Waals surface area contributed by atoms with E-state index in [0.717, 1.165) is 37.6 Å². The molecule has 1 aromatic heterocycles. The van der Waals surface area contributed by atoms with Crippen LogP contribution in [0.5, 0.6) is 0 Å². The Morgan fingerprint density at radius 2 is 2.05 bits per heavy atom. The van der Waals surface area contributed by atoms with Crippen LogP contribution in [0.25, 0.3) is 0 Å². The van der Waals surface area contributed by atoms with E-state index in [9.17, 15) is 0 Å². The molecule has 0 fully saturated rings. The van der Waals surface area contributed by atoms with Gasteiger partial charge in [-0.15, -0.1) is 11.3 Å². The van der Waals surface area contributed by atoms with Crippen LogP contribution in [0.2, 0.25) is 5.02 Å². The van der Waals surface area contributed by atoms with Crippen molar-refractivity contribution in [1.29, 1.82) is 0 Å². The van der Waals surface area contributed by atoms with E-state index in [4.69, 9.17) is 16.3 Å². The van der Waals surface area contributed by atoms with Gasteiger partial charge in [0.1, 0.15) is 0 Å². The summed E-state index contributed by atoms with van der Waals surface area (Å²) in [4.78, 5) is 1.43. The molecule has 0 aliphatic heterocycles. The fourth-order valence-corrected chi connectivity index (χ4v) is 3.42. The topological polar surface area (TPSA) is 21.3 Å². The highest BCUT2D eigenvalue weighted by Gasteiger charge is 2.13. The van der Waals surface area contributed by atoms with Crippen LogP contribution in [-0.4, -0.2) is 26.8 Å². The quantitative estimate of drug-likeness (QED) is 0.703. The van der Waals surface area contributed by atoms with Crippen molar-refractivity contribution in [2.75, 3.05) is 26.8 Å². The van der Waals surface area contributed by atoms with Crippen LogP contribution in [0.3, 0.4) is 0 Å². The van der Waals surface area contributed by atoms with E-state index in [0.29, 0.717) is 5.92 Å². The van der Waals surface area contributed by atoms with Gasteiger partial charge in [-0.3, -0.25) is 0 Å². The molecule has 2 aromatic rings. The summed E-state index contributed by atoms with van der Waals surface area (Å²) >= 11 is 8.12. The Balaban J connectivity index is 1.95. The van der Waals surface area contributed by atoms with E-state index in [-0.39, 0.29) is 0 Å². The highest BCUT2D eigenvalue weighted by molar-refractivity contribution is 7.09. The molecular formula is C17H22ClNOS. The first-order valence-electron chi connectivity index (χ1n) is 7.25. The zero-order valence-corrected chi connectivity index (χ0v) is 13.9. The summed E-state index contributed by atoms with van der Waals surface area (Å²) < 4.78 is 5.09. The molecule has 0 saturated carbocycles. The molecule has 2 rings (SSSR count). The normalized spacial score (nSPS) is 12.5. The minimum Gasteiger partial charge on any atom is -0.383 e. The summed E-state index contributed by atoms with van der Waals surface area (Å²) in [6.07, 6.45) is 2.08. The van der Waals surface area contributed by atoms with Crippen molar-refractivity contribution in [3.63, 3.8) is 0 Å². The molecular weight excluding hydrogens is 302 g/mol. The molecule has 4 heteroatoms. The van der Waals surface area contributed by atoms with Crippen LogP contribution >= 0.6 is 22.9 Å². The van der Waals surface area contributed by atoms with Crippen molar-refractivity contribution in [1.82, 2.24) is 5.32 Å². The van der Waals surface area contributed by atoms with Crippen LogP contribution in [0, 0.1) is 5.92 Å². The SMILES string of the molecule is COCCNCC(Cc1cccs1)Cc1ccccc1Cl. The Morgan fingerprint density at radius 3 is 2.76 bits per heavy atom. The molecule has 1 unspecified atom stereocenters. The van der Waals surface area contributed by atoms with Crippen molar-refractivity contribution < 1.29 is 4.74 Å². The Bertz CT molecular complexity index is 515. The second kappa shape index (κ2) is 9.21. The first-order chi connectivity index (χ1) is 10.3. The average Bonchev–Trinajstić information content (AvgIpc) is 2.99. The molecule has 0 bridgehead atoms. The van der Waals surface area contributed by atoms with Crippen LogP contribution in [0.15, 0.2) is 41.8 Å². The van der Waals surface area contributed by atoms with Crippen LogP contribution in [0.1, 0.15) is 10.4 Å². The number of rotatable bonds is 9. The molecule has 0 amide bonds. The number of benzene rings is 1. The lowest BCUT2D eigenvalue weighted by atomic mass is 9.95. The number of hydrogen-bond acceptors (Lipinski definition) is 3. The van der Waals surface area contributed by atoms with Crippen LogP contribution in [0.4, 0.5) is 0 Å². The van der Waals surface area contributed by atoms with Gasteiger partial charge < -0.3 is 10.1 Å². The Hall–Kier alpha value is -0.870. The van der Waals surface area contributed by atoms with Crippen LogP contribution < -0.4 is 5.32 Å². The maximum absolute atomic E-state index is 6.30. The Kier molecular flexibility index (Phi) is 7.24. The summed E-state index contributed by atoms with van der Waals surface area (Å²) in [5.74, 6) is 0.542. The predicted octanol–water partition coefficient (Wildman–Crippen LogP) is 4.04. The zero-order valence-electron chi connectivity index (χ0n) is 12.3. The first-order valence-corrected chi connectivity index (χ1v) is 8.50. The monoisotopic (exact) mass is 323 g/mol. The lowest BCUT2D eigenvalue weighted by Gasteiger charge is -2.18. The van der Waals surface area contributed by atoms with E-state index in [2.05, 4.69) is 35.0 Å². The van der Waals surface area contributed by atoms with Gasteiger partial charge >= 0.3 is 0 Å². The smallest absolute Gasteiger partial charge is 0.0587 e. The number of hydrogen-bond donors (Lipinski definition) is 1. The van der Waals surface area contributed by atoms with Gasteiger partial charge in [-0.2, -0.15) is 0 Å². The first kappa shape index (κ1) is 16.5. The van der Waals surface area contributed by atoms with Gasteiger partial charge in [0.15, 0.2) is 0 Å². The zero-order chi connectivity index (χ0) is 14.9. The minimum absolute atomic E-state index is 0.542. The van der Waals surface area contributed by atoms with Crippen molar-refractivity contribution in [2.24, 2.45) is 5.92 Å². The Morgan fingerprint density at radius 1 is 1.19 bits per heavy atom. The second-order valence-electron chi connectivity index (χ2n) is 5.14. The largest absolute Gasteiger partial charge is 0.383 e. The number of ether oxygens (including phenoxy) is 1. The maximum Gasteiger partial charge on any atom is 0.0587 e. The van der Waals surface area contributed by atoms with Crippen molar-refractivity contribution >= 4 is 22.9 Å². The Labute approximate surface area is 136 Å². The molecule has 0 radical (unpaired) electrons. The summed E-state index contributed by atoms with van der Waals surface area (Å²) in [5, 5.41) is 6.48. The van der Waals surface area contributed by atoms with Crippen molar-refractivity contribution in [3.05, 3.63) is 57.2 Å². The molecule has 0 saturated heterocycles. The minimum atomic E-state index is 0.542. The van der Waals surface area contributed by atoms with Gasteiger partial charge in [-0.1, -0.05) is 35.9 Å². The lowest BCUT2D eigenvalue weighted by Crippen LogP contribution is -2.28. The fourth-order valence-electron chi connectivity index (χ4n) is 2.39. The molecule has 1 N–H and O–H groups in total. The third-order valence-electron chi connectivity index (χ3n) is 3.45. The molecule has 1 atom stereocenters. The lowest BCUT2D eigenvalue weighted by molar-refractivity contribution is 0.197. The molecule has 114 valence electrons. The molecule has 1 heterocycles. The second-order valence-corrected chi connectivity index (χ2v) is 6.58. The summed E-state index contributed by atoms with van der Waals surface area (Å²) in [5.41, 5.74) is 1.23. The van der Waals surface area contributed by atoms with E-state index >= 15 is 0 Å². The van der Waals surface area contributed by atoms with Crippen LogP contribution in [-0.2, 0) is 17.6 Å². The third kappa shape index (κ3) is 5.79. The van der Waals surface area contributed by atoms with Gasteiger partial charge in [-0.25, -0.2) is 0 Å². The molecule has 21 heavy (non-hydrogen) atoms. The number of methoxy groups -OCH3 is 1. The van der Waals surface area contributed by atoms with Gasteiger partial charge in [-0.05, 0) is 48.4 Å². The summed E-state index contributed by atoms with van der Waals surface area (Å²) in [7, 11) is 1.73. The summed E-state index contributed by atoms with van der Waals surface area (Å²) in [6, 6.07) is 12.5. The van der Waals surface area contributed by atoms with Gasteiger partial charge in [0.25, 0.3) is 0 Å². The molecule has 0 aliphatic rings. The van der Waals surface area contributed by atoms with Crippen molar-refractivity contribution in [3.8, 4) is 0 Å². The standard InChI is InChI=1S/C17H22ClNOS/c1-20-9-8-19-13-14(12-16-6-4-10-21-16)11-15-5-2-3-7-17(15)18/h2-7,10,14,19H,8-9,11-13H2,1H3. The van der Waals surface area contributed by atoms with Gasteiger partial charge in [0.05, 0.1) is 6.61 Å². The van der Waals surface area contributed by atoms with Crippen molar-refractivity contribution in [2.45, 2.75) is 12.8 Å². The molecule has 0 spiro atoms. The van der Waals surface area contributed by atoms with E-state index in [1.807, 2.05) is 23.5 Å². The highest BCUT2D eigenvalue weighted by atomic mass is 35.5. The third-order valence-corrected chi connectivity index (χ3v) is 4.72. The summed E-state index contributed by atoms with van der Waals surface area (Å²) in [6.45, 7) is 2.62. The van der Waals surface area contributed by atoms with E-state index in [1.54, 1.807) is 7.11 Å². The van der Waals surface area contributed by atoms with E-state index in [1.165, 1.54) is 10.4 Å². The molecule has 0 aliphatic carbocycles. The number of nitrogens with one attached hydrogen (secondary N) is 1. The maximum atomic E-state index is 6.30. The van der Waals surface area contributed by atoms with Gasteiger partial charge in [0, 0.05) is 23.6 Å². The average molecular weight is 324 g/mol. The number of halogens is 1. The van der Waals surface area contributed by atoms with E-state index < -0.39 is 0 Å².